The van der Waals surface area contributed by atoms with E-state index >= 15 is 0 Å². The Hall–Kier alpha value is -2.63. The molecule has 1 saturated heterocycles. The largest absolute Gasteiger partial charge is 0.379 e. The molecule has 3 aromatic rings. The van der Waals surface area contributed by atoms with E-state index in [9.17, 15) is 9.59 Å². The van der Waals surface area contributed by atoms with Crippen molar-refractivity contribution in [2.75, 3.05) is 37.4 Å². The fraction of sp³-hybridized carbons (Fsp3) is 0.500. The van der Waals surface area contributed by atoms with Gasteiger partial charge in [0, 0.05) is 39.4 Å². The van der Waals surface area contributed by atoms with E-state index < -0.39 is 0 Å². The summed E-state index contributed by atoms with van der Waals surface area (Å²) in [6, 6.07) is 5.46. The number of hydrogen-bond donors (Lipinski definition) is 1. The van der Waals surface area contributed by atoms with Crippen LogP contribution in [-0.4, -0.2) is 66.8 Å². The number of nitrogens with zero attached hydrogens (tertiary/aromatic N) is 6. The van der Waals surface area contributed by atoms with Crippen molar-refractivity contribution in [3.63, 3.8) is 0 Å². The lowest BCUT2D eigenvalue weighted by Gasteiger charge is -2.26. The van der Waals surface area contributed by atoms with Gasteiger partial charge in [0.1, 0.15) is 5.82 Å². The molecule has 1 fully saturated rings. The smallest absolute Gasteiger partial charge is 0.328 e. The van der Waals surface area contributed by atoms with Gasteiger partial charge in [-0.05, 0) is 25.1 Å². The number of carbonyl (C=O) groups is 1. The lowest BCUT2D eigenvalue weighted by molar-refractivity contribution is -0.113. The van der Waals surface area contributed by atoms with Crippen LogP contribution in [0.1, 0.15) is 12.7 Å². The number of imidazole rings is 1. The monoisotopic (exact) mass is 445 g/mol. The third-order valence-corrected chi connectivity index (χ3v) is 6.43. The minimum atomic E-state index is -0.134. The number of rotatable bonds is 7. The van der Waals surface area contributed by atoms with E-state index in [0.29, 0.717) is 5.69 Å². The Bertz CT molecular complexity index is 1140. The third kappa shape index (κ3) is 4.53. The summed E-state index contributed by atoms with van der Waals surface area (Å²) in [6.07, 6.45) is 0. The Morgan fingerprint density at radius 3 is 2.65 bits per heavy atom. The van der Waals surface area contributed by atoms with Crippen LogP contribution in [0.15, 0.2) is 28.2 Å². The van der Waals surface area contributed by atoms with Crippen molar-refractivity contribution in [2.24, 2.45) is 14.1 Å². The second-order valence-electron chi connectivity index (χ2n) is 7.47. The number of fused-ring (bicyclic) bond motifs is 1. The van der Waals surface area contributed by atoms with Crippen molar-refractivity contribution >= 4 is 34.4 Å². The van der Waals surface area contributed by atoms with Gasteiger partial charge in [-0.25, -0.2) is 4.79 Å². The summed E-state index contributed by atoms with van der Waals surface area (Å²) >= 11 is 1.37. The number of anilines is 1. The van der Waals surface area contributed by atoms with Crippen molar-refractivity contribution in [3.8, 4) is 0 Å². The first-order chi connectivity index (χ1) is 15.0. The first-order valence-electron chi connectivity index (χ1n) is 10.3. The first-order valence-corrected chi connectivity index (χ1v) is 11.3. The highest BCUT2D eigenvalue weighted by molar-refractivity contribution is 7.99. The Labute approximate surface area is 184 Å². The fourth-order valence-electron chi connectivity index (χ4n) is 3.73. The summed E-state index contributed by atoms with van der Waals surface area (Å²) in [5.74, 6) is 0.995. The Kier molecular flexibility index (Phi) is 6.44. The van der Waals surface area contributed by atoms with E-state index in [-0.39, 0.29) is 17.3 Å². The van der Waals surface area contributed by atoms with Crippen LogP contribution in [0.25, 0.3) is 11.0 Å². The molecule has 0 radical (unpaired) electrons. The van der Waals surface area contributed by atoms with E-state index in [1.165, 1.54) is 11.8 Å². The topological polar surface area (TPSA) is 99.2 Å². The zero-order valence-electron chi connectivity index (χ0n) is 18.0. The van der Waals surface area contributed by atoms with Crippen molar-refractivity contribution in [1.82, 2.24) is 28.8 Å². The van der Waals surface area contributed by atoms with Crippen molar-refractivity contribution in [1.29, 1.82) is 0 Å². The highest BCUT2D eigenvalue weighted by Crippen LogP contribution is 2.20. The molecule has 31 heavy (non-hydrogen) atoms. The predicted molar refractivity (Wildman–Crippen MR) is 119 cm³/mol. The number of thioether (sulfide) groups is 1. The lowest BCUT2D eigenvalue weighted by atomic mass is 10.2. The summed E-state index contributed by atoms with van der Waals surface area (Å²) in [4.78, 5) is 26.9. The number of nitrogens with one attached hydrogen (secondary N) is 1. The molecule has 0 bridgehead atoms. The number of morpholine rings is 1. The zero-order chi connectivity index (χ0) is 22.0. The third-order valence-electron chi connectivity index (χ3n) is 5.47. The highest BCUT2D eigenvalue weighted by Gasteiger charge is 2.18. The number of carbonyl (C=O) groups excluding carboxylic acids is 1. The average Bonchev–Trinajstić information content (AvgIpc) is 3.26. The van der Waals surface area contributed by atoms with Crippen molar-refractivity contribution in [3.05, 3.63) is 34.5 Å². The Morgan fingerprint density at radius 2 is 1.90 bits per heavy atom. The number of hydrogen-bond acceptors (Lipinski definition) is 7. The number of ether oxygens (including phenoxy) is 1. The first kappa shape index (κ1) is 21.6. The van der Waals surface area contributed by atoms with Gasteiger partial charge in [0.15, 0.2) is 5.16 Å². The standard InChI is InChI=1S/C20H27N7O3S/c1-4-27-17(12-26-7-9-30-10-8-26)22-23-19(27)31-13-18(28)21-14-5-6-15-16(11-14)25(3)20(29)24(15)2/h5-6,11H,4,7-10,12-13H2,1-3H3,(H,21,28). The van der Waals surface area contributed by atoms with Gasteiger partial charge in [-0.1, -0.05) is 11.8 Å². The molecule has 1 aliphatic heterocycles. The molecule has 166 valence electrons. The minimum absolute atomic E-state index is 0.0965. The molecule has 4 rings (SSSR count). The van der Waals surface area contributed by atoms with Gasteiger partial charge >= 0.3 is 5.69 Å². The van der Waals surface area contributed by atoms with E-state index in [0.717, 1.165) is 61.4 Å². The van der Waals surface area contributed by atoms with Crippen LogP contribution in [0.2, 0.25) is 0 Å². The van der Waals surface area contributed by atoms with Crippen LogP contribution in [0, 0.1) is 0 Å². The molecule has 0 aliphatic carbocycles. The molecule has 11 heteroatoms. The molecule has 2 aromatic heterocycles. The summed E-state index contributed by atoms with van der Waals surface area (Å²) in [5, 5.41) is 12.3. The van der Waals surface area contributed by atoms with Crippen LogP contribution in [0.4, 0.5) is 5.69 Å². The van der Waals surface area contributed by atoms with Crippen LogP contribution >= 0.6 is 11.8 Å². The normalized spacial score (nSPS) is 14.9. The van der Waals surface area contributed by atoms with Gasteiger partial charge in [0.25, 0.3) is 0 Å². The summed E-state index contributed by atoms with van der Waals surface area (Å²) in [5.41, 5.74) is 2.16. The van der Waals surface area contributed by atoms with E-state index in [1.807, 2.05) is 12.1 Å². The molecule has 1 aromatic carbocycles. The van der Waals surface area contributed by atoms with Gasteiger partial charge in [-0.2, -0.15) is 0 Å². The molecule has 1 amide bonds. The molecule has 0 unspecified atom stereocenters. The molecule has 1 aliphatic rings. The summed E-state index contributed by atoms with van der Waals surface area (Å²) in [6.45, 7) is 6.78. The maximum absolute atomic E-state index is 12.5. The van der Waals surface area contributed by atoms with Crippen LogP contribution < -0.4 is 11.0 Å². The maximum atomic E-state index is 12.5. The quantitative estimate of drug-likeness (QED) is 0.543. The van der Waals surface area contributed by atoms with E-state index in [1.54, 1.807) is 29.3 Å². The van der Waals surface area contributed by atoms with Crippen LogP contribution in [-0.2, 0) is 36.7 Å². The minimum Gasteiger partial charge on any atom is -0.379 e. The molecule has 10 nitrogen and oxygen atoms in total. The van der Waals surface area contributed by atoms with Gasteiger partial charge < -0.3 is 14.6 Å². The predicted octanol–water partition coefficient (Wildman–Crippen LogP) is 1.05. The fourth-order valence-corrected chi connectivity index (χ4v) is 4.55. The zero-order valence-corrected chi connectivity index (χ0v) is 18.8. The number of amides is 1. The van der Waals surface area contributed by atoms with E-state index in [4.69, 9.17) is 4.74 Å². The van der Waals surface area contributed by atoms with Crippen LogP contribution in [0.3, 0.4) is 0 Å². The van der Waals surface area contributed by atoms with E-state index in [2.05, 4.69) is 31.9 Å². The van der Waals surface area contributed by atoms with Gasteiger partial charge in [0.2, 0.25) is 5.91 Å². The van der Waals surface area contributed by atoms with Crippen LogP contribution in [0.5, 0.6) is 0 Å². The average molecular weight is 446 g/mol. The van der Waals surface area contributed by atoms with Gasteiger partial charge in [-0.3, -0.25) is 18.8 Å². The van der Waals surface area contributed by atoms with Crippen molar-refractivity contribution in [2.45, 2.75) is 25.2 Å². The lowest BCUT2D eigenvalue weighted by Crippen LogP contribution is -2.36. The second kappa shape index (κ2) is 9.25. The molecular formula is C20H27N7O3S. The molecule has 0 saturated carbocycles. The Morgan fingerprint density at radius 1 is 1.16 bits per heavy atom. The molecule has 0 atom stereocenters. The van der Waals surface area contributed by atoms with Crippen molar-refractivity contribution < 1.29 is 9.53 Å². The maximum Gasteiger partial charge on any atom is 0.328 e. The molecular weight excluding hydrogens is 418 g/mol. The SMILES string of the molecule is CCn1c(CN2CCOCC2)nnc1SCC(=O)Nc1ccc2c(c1)n(C)c(=O)n2C. The summed E-state index contributed by atoms with van der Waals surface area (Å²) in [7, 11) is 3.45. The molecule has 1 N–H and O–H groups in total. The summed E-state index contributed by atoms with van der Waals surface area (Å²) < 4.78 is 10.6. The van der Waals surface area contributed by atoms with Gasteiger partial charge in [0.05, 0.1) is 36.5 Å². The number of benzene rings is 1. The van der Waals surface area contributed by atoms with Gasteiger partial charge in [-0.15, -0.1) is 10.2 Å². The molecule has 0 spiro atoms. The highest BCUT2D eigenvalue weighted by atomic mass is 32.2. The number of aromatic nitrogens is 5. The Balaban J connectivity index is 1.39. The molecule has 3 heterocycles. The number of aryl methyl sites for hydroxylation is 2. The second-order valence-corrected chi connectivity index (χ2v) is 8.42.